The molecule has 4 nitrogen and oxygen atoms in total. The summed E-state index contributed by atoms with van der Waals surface area (Å²) in [6, 6.07) is 17.6. The van der Waals surface area contributed by atoms with Crippen LogP contribution < -0.4 is 10.6 Å². The van der Waals surface area contributed by atoms with E-state index in [-0.39, 0.29) is 6.17 Å². The minimum absolute atomic E-state index is 0.241. The Bertz CT molecular complexity index is 947. The van der Waals surface area contributed by atoms with Crippen molar-refractivity contribution < 1.29 is 0 Å². The molecule has 0 aliphatic carbocycles. The lowest BCUT2D eigenvalue weighted by molar-refractivity contribution is 0.116. The highest BCUT2D eigenvalue weighted by atomic mass is 15.3. The molecule has 0 spiro atoms. The number of fused-ring (bicyclic) bond motifs is 1. The van der Waals surface area contributed by atoms with Gasteiger partial charge in [0.1, 0.15) is 5.82 Å². The molecule has 2 unspecified atom stereocenters. The molecule has 0 amide bonds. The van der Waals surface area contributed by atoms with Crippen LogP contribution in [0, 0.1) is 13.8 Å². The zero-order valence-corrected chi connectivity index (χ0v) is 17.1. The highest BCUT2D eigenvalue weighted by Gasteiger charge is 2.30. The van der Waals surface area contributed by atoms with Gasteiger partial charge in [0.25, 0.3) is 0 Å². The molecule has 0 bridgehead atoms. The first kappa shape index (κ1) is 18.9. The SMILES string of the molecule is CCC(Nc1nccc2ccccc12)N1CCNCC1c1cccc(C)c1C. The first-order chi connectivity index (χ1) is 13.7. The Kier molecular flexibility index (Phi) is 5.60. The minimum Gasteiger partial charge on any atom is -0.354 e. The van der Waals surface area contributed by atoms with Crippen LogP contribution in [0.4, 0.5) is 5.82 Å². The highest BCUT2D eigenvalue weighted by molar-refractivity contribution is 5.91. The van der Waals surface area contributed by atoms with Crippen LogP contribution in [-0.4, -0.2) is 35.7 Å². The van der Waals surface area contributed by atoms with Crippen molar-refractivity contribution in [3.05, 3.63) is 71.4 Å². The quantitative estimate of drug-likeness (QED) is 0.682. The van der Waals surface area contributed by atoms with Gasteiger partial charge in [-0.1, -0.05) is 49.4 Å². The summed E-state index contributed by atoms with van der Waals surface area (Å²) in [5, 5.41) is 9.77. The van der Waals surface area contributed by atoms with E-state index in [1.807, 2.05) is 6.20 Å². The zero-order chi connectivity index (χ0) is 19.5. The van der Waals surface area contributed by atoms with Gasteiger partial charge >= 0.3 is 0 Å². The Labute approximate surface area is 168 Å². The summed E-state index contributed by atoms with van der Waals surface area (Å²) in [4.78, 5) is 7.28. The standard InChI is InChI=1S/C24H30N4/c1-4-23(27-24-21-10-6-5-9-19(21)12-13-26-24)28-15-14-25-16-22(28)20-11-7-8-17(2)18(20)3/h5-13,22-23,25H,4,14-16H2,1-3H3,(H,26,27). The van der Waals surface area contributed by atoms with E-state index in [2.05, 4.69) is 89.8 Å². The van der Waals surface area contributed by atoms with E-state index in [1.165, 1.54) is 27.5 Å². The van der Waals surface area contributed by atoms with Crippen LogP contribution in [0.15, 0.2) is 54.7 Å². The number of pyridine rings is 1. The van der Waals surface area contributed by atoms with E-state index >= 15 is 0 Å². The normalized spacial score (nSPS) is 18.9. The van der Waals surface area contributed by atoms with Crippen molar-refractivity contribution in [3.63, 3.8) is 0 Å². The van der Waals surface area contributed by atoms with Gasteiger partial charge in [-0.2, -0.15) is 0 Å². The van der Waals surface area contributed by atoms with Gasteiger partial charge in [0, 0.05) is 37.3 Å². The number of anilines is 1. The van der Waals surface area contributed by atoms with Crippen molar-refractivity contribution >= 4 is 16.6 Å². The van der Waals surface area contributed by atoms with Crippen LogP contribution >= 0.6 is 0 Å². The number of aromatic nitrogens is 1. The van der Waals surface area contributed by atoms with Crippen LogP contribution in [0.1, 0.15) is 36.1 Å². The number of nitrogens with one attached hydrogen (secondary N) is 2. The fourth-order valence-electron chi connectivity index (χ4n) is 4.33. The van der Waals surface area contributed by atoms with Crippen molar-refractivity contribution in [1.29, 1.82) is 0 Å². The van der Waals surface area contributed by atoms with Gasteiger partial charge in [-0.15, -0.1) is 0 Å². The predicted octanol–water partition coefficient (Wildman–Crippen LogP) is 4.65. The molecule has 2 aromatic carbocycles. The molecular weight excluding hydrogens is 344 g/mol. The first-order valence-corrected chi connectivity index (χ1v) is 10.3. The summed E-state index contributed by atoms with van der Waals surface area (Å²) >= 11 is 0. The van der Waals surface area contributed by atoms with Crippen molar-refractivity contribution in [2.45, 2.75) is 39.4 Å². The molecule has 0 radical (unpaired) electrons. The first-order valence-electron chi connectivity index (χ1n) is 10.3. The van der Waals surface area contributed by atoms with Gasteiger partial charge in [0.05, 0.1) is 6.17 Å². The molecule has 28 heavy (non-hydrogen) atoms. The second-order valence-electron chi connectivity index (χ2n) is 7.70. The molecule has 2 heterocycles. The number of benzene rings is 2. The van der Waals surface area contributed by atoms with E-state index in [0.29, 0.717) is 6.04 Å². The second-order valence-corrected chi connectivity index (χ2v) is 7.70. The summed E-state index contributed by atoms with van der Waals surface area (Å²) in [5.74, 6) is 0.975. The maximum Gasteiger partial charge on any atom is 0.135 e. The highest BCUT2D eigenvalue weighted by Crippen LogP contribution is 2.30. The maximum atomic E-state index is 4.67. The number of piperazine rings is 1. The molecule has 1 aliphatic rings. The monoisotopic (exact) mass is 374 g/mol. The van der Waals surface area contributed by atoms with Crippen LogP contribution in [0.25, 0.3) is 10.8 Å². The van der Waals surface area contributed by atoms with E-state index < -0.39 is 0 Å². The molecule has 146 valence electrons. The van der Waals surface area contributed by atoms with Crippen LogP contribution in [0.5, 0.6) is 0 Å². The fourth-order valence-corrected chi connectivity index (χ4v) is 4.33. The molecule has 2 N–H and O–H groups in total. The Hall–Kier alpha value is -2.43. The van der Waals surface area contributed by atoms with Crippen molar-refractivity contribution in [2.24, 2.45) is 0 Å². The topological polar surface area (TPSA) is 40.2 Å². The van der Waals surface area contributed by atoms with Crippen LogP contribution in [-0.2, 0) is 0 Å². The largest absolute Gasteiger partial charge is 0.354 e. The molecule has 2 atom stereocenters. The predicted molar refractivity (Wildman–Crippen MR) is 118 cm³/mol. The minimum atomic E-state index is 0.241. The van der Waals surface area contributed by atoms with Gasteiger partial charge in [0.15, 0.2) is 0 Å². The number of aryl methyl sites for hydroxylation is 1. The maximum absolute atomic E-state index is 4.67. The summed E-state index contributed by atoms with van der Waals surface area (Å²) in [7, 11) is 0. The number of hydrogen-bond acceptors (Lipinski definition) is 4. The van der Waals surface area contributed by atoms with E-state index in [4.69, 9.17) is 0 Å². The van der Waals surface area contributed by atoms with Crippen LogP contribution in [0.3, 0.4) is 0 Å². The summed E-state index contributed by atoms with van der Waals surface area (Å²) in [6.45, 7) is 9.72. The van der Waals surface area contributed by atoms with Crippen molar-refractivity contribution in [2.75, 3.05) is 25.0 Å². The Balaban J connectivity index is 1.66. The molecule has 1 fully saturated rings. The third-order valence-electron chi connectivity index (χ3n) is 6.05. The average molecular weight is 375 g/mol. The summed E-state index contributed by atoms with van der Waals surface area (Å²) in [6.07, 6.45) is 3.16. The molecule has 3 aromatic rings. The molecular formula is C24H30N4. The fraction of sp³-hybridized carbons (Fsp3) is 0.375. The second kappa shape index (κ2) is 8.29. The lowest BCUT2D eigenvalue weighted by Gasteiger charge is -2.42. The van der Waals surface area contributed by atoms with Crippen molar-refractivity contribution in [1.82, 2.24) is 15.2 Å². The van der Waals surface area contributed by atoms with Gasteiger partial charge in [-0.05, 0) is 48.4 Å². The van der Waals surface area contributed by atoms with E-state index in [1.54, 1.807) is 0 Å². The Morgan fingerprint density at radius 1 is 1.14 bits per heavy atom. The smallest absolute Gasteiger partial charge is 0.135 e. The molecule has 1 aliphatic heterocycles. The lowest BCUT2D eigenvalue weighted by atomic mass is 9.94. The van der Waals surface area contributed by atoms with E-state index in [0.717, 1.165) is 31.9 Å². The van der Waals surface area contributed by atoms with Gasteiger partial charge < -0.3 is 10.6 Å². The van der Waals surface area contributed by atoms with E-state index in [9.17, 15) is 0 Å². The number of hydrogen-bond donors (Lipinski definition) is 2. The summed E-state index contributed by atoms with van der Waals surface area (Å²) in [5.41, 5.74) is 4.19. The van der Waals surface area contributed by atoms with Gasteiger partial charge in [0.2, 0.25) is 0 Å². The molecule has 4 rings (SSSR count). The van der Waals surface area contributed by atoms with Crippen molar-refractivity contribution in [3.8, 4) is 0 Å². The number of nitrogens with zero attached hydrogens (tertiary/aromatic N) is 2. The number of rotatable bonds is 5. The van der Waals surface area contributed by atoms with Gasteiger partial charge in [-0.3, -0.25) is 4.90 Å². The van der Waals surface area contributed by atoms with Gasteiger partial charge in [-0.25, -0.2) is 4.98 Å². The Morgan fingerprint density at radius 2 is 2.00 bits per heavy atom. The molecule has 1 saturated heterocycles. The average Bonchev–Trinajstić information content (AvgIpc) is 2.74. The third kappa shape index (κ3) is 3.62. The molecule has 4 heteroatoms. The molecule has 0 saturated carbocycles. The summed E-state index contributed by atoms with van der Waals surface area (Å²) < 4.78 is 0. The Morgan fingerprint density at radius 3 is 2.86 bits per heavy atom. The lowest BCUT2D eigenvalue weighted by Crippen LogP contribution is -2.53. The zero-order valence-electron chi connectivity index (χ0n) is 17.1. The van der Waals surface area contributed by atoms with Crippen LogP contribution in [0.2, 0.25) is 0 Å². The molecule has 1 aromatic heterocycles. The third-order valence-corrected chi connectivity index (χ3v) is 6.05.